The minimum absolute atomic E-state index is 0.106. The zero-order chi connectivity index (χ0) is 16.5. The molecule has 0 aliphatic rings. The Kier molecular flexibility index (Phi) is 16.4. The predicted octanol–water partition coefficient (Wildman–Crippen LogP) is 5.39. The Labute approximate surface area is 137 Å². The Bertz CT molecular complexity index is 241. The van der Waals surface area contributed by atoms with E-state index in [-0.39, 0.29) is 12.1 Å². The van der Waals surface area contributed by atoms with Crippen LogP contribution in [0.3, 0.4) is 0 Å². The number of rotatable bonds is 16. The lowest BCUT2D eigenvalue weighted by Gasteiger charge is -2.10. The van der Waals surface area contributed by atoms with Gasteiger partial charge in [0.05, 0.1) is 13.2 Å². The third-order valence-electron chi connectivity index (χ3n) is 4.29. The highest BCUT2D eigenvalue weighted by atomic mass is 16.5. The first-order chi connectivity index (χ1) is 10.7. The summed E-state index contributed by atoms with van der Waals surface area (Å²) in [6.07, 6.45) is 16.9. The minimum atomic E-state index is -0.106. The molecule has 0 rings (SSSR count). The number of esters is 1. The summed E-state index contributed by atoms with van der Waals surface area (Å²) < 4.78 is 4.61. The zero-order valence-corrected chi connectivity index (χ0v) is 14.9. The van der Waals surface area contributed by atoms with Crippen LogP contribution in [0.2, 0.25) is 0 Å². The lowest BCUT2D eigenvalue weighted by molar-refractivity contribution is -0.140. The molecule has 0 amide bonds. The van der Waals surface area contributed by atoms with Crippen molar-refractivity contribution in [3.05, 3.63) is 0 Å². The van der Waals surface area contributed by atoms with Crippen LogP contribution < -0.4 is 0 Å². The standard InChI is InChI=1S/C19H38O3/c1-3-4-5-6-7-9-12-15-18(20)16-13-10-8-11-14-17-19(21)22-2/h18,20H,3-17H2,1-2H3/t18-/m1/s1. The van der Waals surface area contributed by atoms with Gasteiger partial charge in [-0.2, -0.15) is 0 Å². The van der Waals surface area contributed by atoms with Crippen LogP contribution in [-0.4, -0.2) is 24.3 Å². The summed E-state index contributed by atoms with van der Waals surface area (Å²) >= 11 is 0. The third-order valence-corrected chi connectivity index (χ3v) is 4.29. The molecule has 3 nitrogen and oxygen atoms in total. The fourth-order valence-corrected chi connectivity index (χ4v) is 2.76. The van der Waals surface area contributed by atoms with Crippen molar-refractivity contribution in [1.82, 2.24) is 0 Å². The average Bonchev–Trinajstić information content (AvgIpc) is 2.52. The SMILES string of the molecule is CCCCCCCCC[C@@H](O)CCCCCCCC(=O)OC. The Morgan fingerprint density at radius 1 is 0.818 bits per heavy atom. The van der Waals surface area contributed by atoms with Crippen molar-refractivity contribution < 1.29 is 14.6 Å². The van der Waals surface area contributed by atoms with E-state index in [1.165, 1.54) is 52.1 Å². The number of unbranched alkanes of at least 4 members (excludes halogenated alkanes) is 10. The molecule has 0 saturated heterocycles. The maximum absolute atomic E-state index is 10.9. The Hall–Kier alpha value is -0.570. The Morgan fingerprint density at radius 3 is 1.77 bits per heavy atom. The fraction of sp³-hybridized carbons (Fsp3) is 0.947. The first-order valence-corrected chi connectivity index (χ1v) is 9.45. The second-order valence-corrected chi connectivity index (χ2v) is 6.45. The van der Waals surface area contributed by atoms with Gasteiger partial charge in [-0.3, -0.25) is 4.79 Å². The molecular weight excluding hydrogens is 276 g/mol. The smallest absolute Gasteiger partial charge is 0.305 e. The quantitative estimate of drug-likeness (QED) is 0.307. The number of methoxy groups -OCH3 is 1. The van der Waals surface area contributed by atoms with Gasteiger partial charge in [-0.25, -0.2) is 0 Å². The van der Waals surface area contributed by atoms with E-state index in [4.69, 9.17) is 0 Å². The molecule has 1 atom stereocenters. The highest BCUT2D eigenvalue weighted by molar-refractivity contribution is 5.68. The molecular formula is C19H38O3. The van der Waals surface area contributed by atoms with Gasteiger partial charge in [-0.1, -0.05) is 77.6 Å². The van der Waals surface area contributed by atoms with Crippen LogP contribution in [0, 0.1) is 0 Å². The van der Waals surface area contributed by atoms with E-state index in [1.54, 1.807) is 0 Å². The molecule has 0 heterocycles. The van der Waals surface area contributed by atoms with E-state index in [0.717, 1.165) is 44.9 Å². The van der Waals surface area contributed by atoms with Gasteiger partial charge in [-0.15, -0.1) is 0 Å². The van der Waals surface area contributed by atoms with Crippen molar-refractivity contribution in [3.63, 3.8) is 0 Å². The molecule has 132 valence electrons. The van der Waals surface area contributed by atoms with Crippen LogP contribution in [0.1, 0.15) is 103 Å². The second kappa shape index (κ2) is 16.8. The second-order valence-electron chi connectivity index (χ2n) is 6.45. The minimum Gasteiger partial charge on any atom is -0.469 e. The summed E-state index contributed by atoms with van der Waals surface area (Å²) in [5.41, 5.74) is 0. The number of carbonyl (C=O) groups excluding carboxylic acids is 1. The summed E-state index contributed by atoms with van der Waals surface area (Å²) in [6, 6.07) is 0. The highest BCUT2D eigenvalue weighted by Crippen LogP contribution is 2.14. The number of carbonyl (C=O) groups is 1. The topological polar surface area (TPSA) is 46.5 Å². The van der Waals surface area contributed by atoms with Crippen molar-refractivity contribution in [1.29, 1.82) is 0 Å². The molecule has 0 aromatic rings. The van der Waals surface area contributed by atoms with Gasteiger partial charge >= 0.3 is 5.97 Å². The van der Waals surface area contributed by atoms with Gasteiger partial charge in [0.2, 0.25) is 0 Å². The molecule has 0 spiro atoms. The lowest BCUT2D eigenvalue weighted by Crippen LogP contribution is -2.06. The van der Waals surface area contributed by atoms with Crippen molar-refractivity contribution >= 4 is 5.97 Å². The molecule has 0 aromatic carbocycles. The first-order valence-electron chi connectivity index (χ1n) is 9.45. The predicted molar refractivity (Wildman–Crippen MR) is 93.0 cm³/mol. The fourth-order valence-electron chi connectivity index (χ4n) is 2.76. The molecule has 0 saturated carbocycles. The van der Waals surface area contributed by atoms with Crippen LogP contribution in [0.4, 0.5) is 0 Å². The van der Waals surface area contributed by atoms with Crippen LogP contribution in [0.15, 0.2) is 0 Å². The average molecular weight is 315 g/mol. The van der Waals surface area contributed by atoms with E-state index in [1.807, 2.05) is 0 Å². The summed E-state index contributed by atoms with van der Waals surface area (Å²) in [5, 5.41) is 9.94. The highest BCUT2D eigenvalue weighted by Gasteiger charge is 2.04. The Morgan fingerprint density at radius 2 is 1.27 bits per heavy atom. The summed E-state index contributed by atoms with van der Waals surface area (Å²) in [6.45, 7) is 2.25. The molecule has 0 aliphatic heterocycles. The van der Waals surface area contributed by atoms with Crippen LogP contribution in [0.5, 0.6) is 0 Å². The molecule has 22 heavy (non-hydrogen) atoms. The summed E-state index contributed by atoms with van der Waals surface area (Å²) in [4.78, 5) is 10.9. The van der Waals surface area contributed by atoms with Crippen molar-refractivity contribution in [2.45, 2.75) is 109 Å². The lowest BCUT2D eigenvalue weighted by atomic mass is 10.0. The van der Waals surface area contributed by atoms with E-state index >= 15 is 0 Å². The molecule has 3 heteroatoms. The monoisotopic (exact) mass is 314 g/mol. The molecule has 0 radical (unpaired) electrons. The van der Waals surface area contributed by atoms with Crippen molar-refractivity contribution in [2.75, 3.05) is 7.11 Å². The first kappa shape index (κ1) is 21.4. The molecule has 0 fully saturated rings. The van der Waals surface area contributed by atoms with Gasteiger partial charge in [0.25, 0.3) is 0 Å². The molecule has 0 unspecified atom stereocenters. The van der Waals surface area contributed by atoms with Crippen LogP contribution in [0.25, 0.3) is 0 Å². The molecule has 1 N–H and O–H groups in total. The van der Waals surface area contributed by atoms with Gasteiger partial charge in [0.1, 0.15) is 0 Å². The summed E-state index contributed by atoms with van der Waals surface area (Å²) in [5.74, 6) is -0.106. The van der Waals surface area contributed by atoms with E-state index in [9.17, 15) is 9.90 Å². The Balaban J connectivity index is 3.19. The van der Waals surface area contributed by atoms with Crippen LogP contribution in [-0.2, 0) is 9.53 Å². The van der Waals surface area contributed by atoms with E-state index in [0.29, 0.717) is 6.42 Å². The van der Waals surface area contributed by atoms with Gasteiger partial charge < -0.3 is 9.84 Å². The van der Waals surface area contributed by atoms with Crippen molar-refractivity contribution in [2.24, 2.45) is 0 Å². The normalized spacial score (nSPS) is 12.3. The molecule has 0 bridgehead atoms. The number of hydrogen-bond donors (Lipinski definition) is 1. The maximum atomic E-state index is 10.9. The zero-order valence-electron chi connectivity index (χ0n) is 14.9. The number of hydrogen-bond acceptors (Lipinski definition) is 3. The van der Waals surface area contributed by atoms with E-state index < -0.39 is 0 Å². The third kappa shape index (κ3) is 15.8. The molecule has 0 aliphatic carbocycles. The van der Waals surface area contributed by atoms with E-state index in [2.05, 4.69) is 11.7 Å². The largest absolute Gasteiger partial charge is 0.469 e. The van der Waals surface area contributed by atoms with Gasteiger partial charge in [-0.05, 0) is 19.3 Å². The maximum Gasteiger partial charge on any atom is 0.305 e. The van der Waals surface area contributed by atoms with Gasteiger partial charge in [0, 0.05) is 6.42 Å². The van der Waals surface area contributed by atoms with Gasteiger partial charge in [0.15, 0.2) is 0 Å². The van der Waals surface area contributed by atoms with Crippen molar-refractivity contribution in [3.8, 4) is 0 Å². The number of aliphatic hydroxyl groups excluding tert-OH is 1. The summed E-state index contributed by atoms with van der Waals surface area (Å²) in [7, 11) is 1.44. The number of aliphatic hydroxyl groups is 1. The molecule has 0 aromatic heterocycles. The number of ether oxygens (including phenoxy) is 1. The van der Waals surface area contributed by atoms with Crippen LogP contribution >= 0.6 is 0 Å².